The molecule has 1 unspecified atom stereocenters. The zero-order valence-corrected chi connectivity index (χ0v) is 12.0. The fourth-order valence-electron chi connectivity index (χ4n) is 2.06. The van der Waals surface area contributed by atoms with E-state index in [1.54, 1.807) is 0 Å². The molecule has 0 aliphatic heterocycles. The van der Waals surface area contributed by atoms with Crippen LogP contribution in [0.1, 0.15) is 43.1 Å². The van der Waals surface area contributed by atoms with Crippen molar-refractivity contribution in [2.75, 3.05) is 13.2 Å². The number of aliphatic hydroxyl groups excluding tert-OH is 1. The smallest absolute Gasteiger partial charge is 0.395 e. The van der Waals surface area contributed by atoms with E-state index in [4.69, 9.17) is 16.7 Å². The van der Waals surface area contributed by atoms with Crippen LogP contribution in [0, 0.1) is 0 Å². The van der Waals surface area contributed by atoms with Gasteiger partial charge in [0.25, 0.3) is 0 Å². The summed E-state index contributed by atoms with van der Waals surface area (Å²) >= 11 is 5.83. The first-order chi connectivity index (χ1) is 9.77. The molecule has 1 aliphatic carbocycles. The molecule has 2 N–H and O–H groups in total. The van der Waals surface area contributed by atoms with Crippen molar-refractivity contribution in [3.63, 3.8) is 0 Å². The molecule has 1 heterocycles. The van der Waals surface area contributed by atoms with E-state index in [2.05, 4.69) is 10.4 Å². The molecular formula is C12H15ClF3N3O2. The molecule has 0 aromatic carbocycles. The monoisotopic (exact) mass is 325 g/mol. The van der Waals surface area contributed by atoms with Gasteiger partial charge in [-0.1, -0.05) is 11.6 Å². The summed E-state index contributed by atoms with van der Waals surface area (Å²) in [6.45, 7) is 1.23. The standard InChI is InChI=1S/C12H15ClF3N3O2/c1-6(11(21)17-4-5-20)19-9(7-2-3-7)8(13)10(18-19)12(14,15)16/h6-7,20H,2-5H2,1H3,(H,17,21). The summed E-state index contributed by atoms with van der Waals surface area (Å²) in [7, 11) is 0. The molecule has 118 valence electrons. The minimum Gasteiger partial charge on any atom is -0.395 e. The summed E-state index contributed by atoms with van der Waals surface area (Å²) in [6.07, 6.45) is -3.20. The van der Waals surface area contributed by atoms with Crippen LogP contribution in [0.15, 0.2) is 0 Å². The normalized spacial score (nSPS) is 16.9. The lowest BCUT2D eigenvalue weighted by Gasteiger charge is -2.15. The third kappa shape index (κ3) is 3.32. The molecule has 1 atom stereocenters. The van der Waals surface area contributed by atoms with Crippen molar-refractivity contribution in [2.24, 2.45) is 0 Å². The van der Waals surface area contributed by atoms with Crippen molar-refractivity contribution >= 4 is 17.5 Å². The predicted molar refractivity (Wildman–Crippen MR) is 69.0 cm³/mol. The molecule has 1 aliphatic rings. The average Bonchev–Trinajstić information content (AvgIpc) is 3.17. The first-order valence-corrected chi connectivity index (χ1v) is 6.88. The van der Waals surface area contributed by atoms with Crippen LogP contribution in [0.3, 0.4) is 0 Å². The van der Waals surface area contributed by atoms with Gasteiger partial charge >= 0.3 is 6.18 Å². The number of aliphatic hydroxyl groups is 1. The number of alkyl halides is 3. The van der Waals surface area contributed by atoms with Crippen LogP contribution in [0.25, 0.3) is 0 Å². The van der Waals surface area contributed by atoms with Crippen molar-refractivity contribution in [2.45, 2.75) is 37.9 Å². The van der Waals surface area contributed by atoms with Gasteiger partial charge in [0.1, 0.15) is 6.04 Å². The third-order valence-electron chi connectivity index (χ3n) is 3.28. The topological polar surface area (TPSA) is 67.2 Å². The molecule has 1 aromatic heterocycles. The first kappa shape index (κ1) is 16.1. The quantitative estimate of drug-likeness (QED) is 0.871. The maximum absolute atomic E-state index is 12.9. The van der Waals surface area contributed by atoms with Crippen LogP contribution in [-0.2, 0) is 11.0 Å². The van der Waals surface area contributed by atoms with Crippen LogP contribution in [0.4, 0.5) is 13.2 Å². The van der Waals surface area contributed by atoms with Gasteiger partial charge < -0.3 is 10.4 Å². The molecule has 1 aromatic rings. The number of hydrogen-bond donors (Lipinski definition) is 2. The average molecular weight is 326 g/mol. The second-order valence-electron chi connectivity index (χ2n) is 4.96. The zero-order valence-electron chi connectivity index (χ0n) is 11.2. The van der Waals surface area contributed by atoms with Crippen LogP contribution < -0.4 is 5.32 Å². The number of halogens is 4. The summed E-state index contributed by atoms with van der Waals surface area (Å²) in [4.78, 5) is 11.9. The Morgan fingerprint density at radius 2 is 2.19 bits per heavy atom. The number of hydrogen-bond acceptors (Lipinski definition) is 3. The minimum atomic E-state index is -4.66. The van der Waals surface area contributed by atoms with Gasteiger partial charge in [-0.15, -0.1) is 0 Å². The Labute approximate surface area is 124 Å². The van der Waals surface area contributed by atoms with Gasteiger partial charge in [-0.3, -0.25) is 9.48 Å². The molecule has 9 heteroatoms. The Morgan fingerprint density at radius 3 is 2.67 bits per heavy atom. The summed E-state index contributed by atoms with van der Waals surface area (Å²) in [6, 6.07) is -0.930. The number of nitrogens with one attached hydrogen (secondary N) is 1. The van der Waals surface area contributed by atoms with Crippen molar-refractivity contribution in [3.8, 4) is 0 Å². The number of rotatable bonds is 5. The van der Waals surface area contributed by atoms with E-state index in [1.165, 1.54) is 6.92 Å². The van der Waals surface area contributed by atoms with Gasteiger partial charge in [-0.2, -0.15) is 18.3 Å². The summed E-state index contributed by atoms with van der Waals surface area (Å²) in [5, 5.41) is 14.2. The zero-order chi connectivity index (χ0) is 15.8. The summed E-state index contributed by atoms with van der Waals surface area (Å²) in [5.41, 5.74) is -0.900. The second-order valence-corrected chi connectivity index (χ2v) is 5.33. The fourth-order valence-corrected chi connectivity index (χ4v) is 2.45. The molecule has 0 saturated heterocycles. The van der Waals surface area contributed by atoms with E-state index in [0.29, 0.717) is 0 Å². The number of nitrogens with zero attached hydrogens (tertiary/aromatic N) is 2. The molecule has 1 amide bonds. The lowest BCUT2D eigenvalue weighted by Crippen LogP contribution is -2.34. The molecule has 1 saturated carbocycles. The van der Waals surface area contributed by atoms with E-state index in [0.717, 1.165) is 17.5 Å². The molecule has 21 heavy (non-hydrogen) atoms. The first-order valence-electron chi connectivity index (χ1n) is 6.51. The maximum Gasteiger partial charge on any atom is 0.436 e. The van der Waals surface area contributed by atoms with E-state index in [-0.39, 0.29) is 24.8 Å². The molecule has 1 fully saturated rings. The molecule has 5 nitrogen and oxygen atoms in total. The summed E-state index contributed by atoms with van der Waals surface area (Å²) in [5.74, 6) is -0.604. The Hall–Kier alpha value is -1.28. The highest BCUT2D eigenvalue weighted by molar-refractivity contribution is 6.32. The van der Waals surface area contributed by atoms with Crippen molar-refractivity contribution in [3.05, 3.63) is 16.4 Å². The van der Waals surface area contributed by atoms with Gasteiger partial charge in [0.2, 0.25) is 5.91 Å². The highest BCUT2D eigenvalue weighted by atomic mass is 35.5. The highest BCUT2D eigenvalue weighted by Crippen LogP contribution is 2.47. The highest BCUT2D eigenvalue weighted by Gasteiger charge is 2.43. The summed E-state index contributed by atoms with van der Waals surface area (Å²) < 4.78 is 39.7. The number of aromatic nitrogens is 2. The minimum absolute atomic E-state index is 0.0308. The van der Waals surface area contributed by atoms with Crippen LogP contribution in [-0.4, -0.2) is 33.9 Å². The fraction of sp³-hybridized carbons (Fsp3) is 0.667. The number of carbonyl (C=O) groups is 1. The van der Waals surface area contributed by atoms with Crippen LogP contribution >= 0.6 is 11.6 Å². The Bertz CT molecular complexity index is 541. The van der Waals surface area contributed by atoms with Crippen LogP contribution in [0.2, 0.25) is 5.02 Å². The van der Waals surface area contributed by atoms with Gasteiger partial charge in [0, 0.05) is 12.5 Å². The Kier molecular flexibility index (Phi) is 4.48. The van der Waals surface area contributed by atoms with Gasteiger partial charge in [-0.25, -0.2) is 0 Å². The lowest BCUT2D eigenvalue weighted by molar-refractivity contribution is -0.141. The molecule has 2 rings (SSSR count). The Balaban J connectivity index is 2.36. The molecule has 0 bridgehead atoms. The van der Waals surface area contributed by atoms with Gasteiger partial charge in [-0.05, 0) is 19.8 Å². The van der Waals surface area contributed by atoms with E-state index < -0.39 is 28.8 Å². The molecular weight excluding hydrogens is 311 g/mol. The number of carbonyl (C=O) groups excluding carboxylic acids is 1. The lowest BCUT2D eigenvalue weighted by atomic mass is 10.2. The maximum atomic E-state index is 12.9. The second kappa shape index (κ2) is 5.84. The Morgan fingerprint density at radius 1 is 1.57 bits per heavy atom. The van der Waals surface area contributed by atoms with Crippen molar-refractivity contribution < 1.29 is 23.1 Å². The van der Waals surface area contributed by atoms with Crippen LogP contribution in [0.5, 0.6) is 0 Å². The third-order valence-corrected chi connectivity index (χ3v) is 3.65. The largest absolute Gasteiger partial charge is 0.436 e. The van der Waals surface area contributed by atoms with E-state index >= 15 is 0 Å². The van der Waals surface area contributed by atoms with Crippen molar-refractivity contribution in [1.82, 2.24) is 15.1 Å². The van der Waals surface area contributed by atoms with E-state index in [1.807, 2.05) is 0 Å². The SMILES string of the molecule is CC(C(=O)NCCO)n1nc(C(F)(F)F)c(Cl)c1C1CC1. The van der Waals surface area contributed by atoms with Gasteiger partial charge in [0.05, 0.1) is 17.3 Å². The van der Waals surface area contributed by atoms with Gasteiger partial charge in [0.15, 0.2) is 5.69 Å². The number of amides is 1. The van der Waals surface area contributed by atoms with Crippen molar-refractivity contribution in [1.29, 1.82) is 0 Å². The van der Waals surface area contributed by atoms with E-state index in [9.17, 15) is 18.0 Å². The molecule has 0 radical (unpaired) electrons. The molecule has 0 spiro atoms. The predicted octanol–water partition coefficient (Wildman–Crippen LogP) is 2.10.